The average molecular weight is 337 g/mol. The molecule has 0 amide bonds. The van der Waals surface area contributed by atoms with E-state index in [0.717, 1.165) is 43.9 Å². The second kappa shape index (κ2) is 6.68. The number of benzene rings is 1. The van der Waals surface area contributed by atoms with E-state index in [1.54, 1.807) is 6.33 Å². The predicted octanol–water partition coefficient (Wildman–Crippen LogP) is 2.04. The van der Waals surface area contributed by atoms with Crippen LogP contribution in [0.1, 0.15) is 18.9 Å². The van der Waals surface area contributed by atoms with Gasteiger partial charge in [0.2, 0.25) is 5.95 Å². The quantitative estimate of drug-likeness (QED) is 0.760. The van der Waals surface area contributed by atoms with Crippen molar-refractivity contribution in [3.63, 3.8) is 0 Å². The van der Waals surface area contributed by atoms with Crippen LogP contribution < -0.4 is 10.6 Å². The van der Waals surface area contributed by atoms with Crippen molar-refractivity contribution in [2.75, 3.05) is 30.3 Å². The summed E-state index contributed by atoms with van der Waals surface area (Å²) in [6, 6.07) is 11.0. The minimum absolute atomic E-state index is 0.271. The molecule has 0 aliphatic carbocycles. The molecule has 1 aliphatic rings. The summed E-state index contributed by atoms with van der Waals surface area (Å²) in [5, 5.41) is 0. The molecular weight excluding hydrogens is 314 g/mol. The van der Waals surface area contributed by atoms with E-state index in [4.69, 9.17) is 5.73 Å². The fourth-order valence-corrected chi connectivity index (χ4v) is 3.59. The summed E-state index contributed by atoms with van der Waals surface area (Å²) in [5.41, 5.74) is 8.73. The van der Waals surface area contributed by atoms with Gasteiger partial charge >= 0.3 is 0 Å². The number of hydrogen-bond acceptors (Lipinski definition) is 6. The number of nitrogens with two attached hydrogens (primary N) is 1. The van der Waals surface area contributed by atoms with Gasteiger partial charge in [0.05, 0.1) is 6.33 Å². The van der Waals surface area contributed by atoms with Crippen LogP contribution in [0.25, 0.3) is 11.2 Å². The first kappa shape index (κ1) is 15.8. The monoisotopic (exact) mass is 337 g/mol. The lowest BCUT2D eigenvalue weighted by molar-refractivity contribution is 0.268. The molecule has 1 saturated heterocycles. The zero-order valence-electron chi connectivity index (χ0n) is 14.4. The number of hydrogen-bond donors (Lipinski definition) is 2. The van der Waals surface area contributed by atoms with Crippen LogP contribution in [0.2, 0.25) is 0 Å². The maximum Gasteiger partial charge on any atom is 0.224 e. The second-order valence-corrected chi connectivity index (χ2v) is 6.62. The van der Waals surface area contributed by atoms with E-state index < -0.39 is 0 Å². The van der Waals surface area contributed by atoms with Crippen molar-refractivity contribution in [2.24, 2.45) is 0 Å². The number of anilines is 2. The van der Waals surface area contributed by atoms with Crippen LogP contribution in [0.15, 0.2) is 36.7 Å². The third kappa shape index (κ3) is 3.28. The zero-order chi connectivity index (χ0) is 17.2. The number of aromatic amines is 1. The molecule has 0 radical (unpaired) electrons. The molecule has 3 N–H and O–H groups in total. The number of imidazole rings is 1. The highest BCUT2D eigenvalue weighted by molar-refractivity contribution is 5.84. The summed E-state index contributed by atoms with van der Waals surface area (Å²) >= 11 is 0. The molecule has 1 fully saturated rings. The number of fused-ring (bicyclic) bond motifs is 1. The van der Waals surface area contributed by atoms with Gasteiger partial charge in [0.25, 0.3) is 0 Å². The third-order valence-corrected chi connectivity index (χ3v) is 4.73. The molecule has 25 heavy (non-hydrogen) atoms. The first-order chi connectivity index (χ1) is 12.2. The Morgan fingerprint density at radius 2 is 2.04 bits per heavy atom. The lowest BCUT2D eigenvalue weighted by atomic mass is 10.2. The number of nitrogen functional groups attached to an aromatic ring is 1. The first-order valence-corrected chi connectivity index (χ1v) is 8.70. The maximum atomic E-state index is 5.89. The maximum absolute atomic E-state index is 5.89. The van der Waals surface area contributed by atoms with E-state index in [1.165, 1.54) is 5.56 Å². The van der Waals surface area contributed by atoms with Gasteiger partial charge in [-0.2, -0.15) is 9.97 Å². The molecule has 3 aromatic rings. The third-order valence-electron chi connectivity index (χ3n) is 4.73. The number of nitrogens with zero attached hydrogens (tertiary/aromatic N) is 5. The first-order valence-electron chi connectivity index (χ1n) is 8.70. The van der Waals surface area contributed by atoms with Gasteiger partial charge < -0.3 is 15.6 Å². The van der Waals surface area contributed by atoms with Crippen LogP contribution >= 0.6 is 0 Å². The Kier molecular flexibility index (Phi) is 4.23. The molecule has 0 unspecified atom stereocenters. The highest BCUT2D eigenvalue weighted by Crippen LogP contribution is 2.26. The predicted molar refractivity (Wildman–Crippen MR) is 99.2 cm³/mol. The lowest BCUT2D eigenvalue weighted by Gasteiger charge is -2.30. The van der Waals surface area contributed by atoms with Crippen LogP contribution in [0.4, 0.5) is 11.8 Å². The molecule has 1 aromatic carbocycles. The Morgan fingerprint density at radius 3 is 2.88 bits per heavy atom. The number of aromatic nitrogens is 4. The molecule has 1 aliphatic heterocycles. The minimum atomic E-state index is 0.271. The van der Waals surface area contributed by atoms with E-state index >= 15 is 0 Å². The van der Waals surface area contributed by atoms with Gasteiger partial charge in [-0.05, 0) is 18.9 Å². The molecule has 4 rings (SSSR count). The Hall–Kier alpha value is -2.67. The standard InChI is InChI=1S/C18H23N7/c1-13-10-24(11-14-6-3-2-4-7-14)8-5-9-25(13)17-15-16(21-12-20-15)22-18(19)23-17/h2-4,6-7,12-13H,5,8-11H2,1H3,(H3,19,20,21,22,23)/t13-/m1/s1. The van der Waals surface area contributed by atoms with Gasteiger partial charge in [-0.25, -0.2) is 4.98 Å². The van der Waals surface area contributed by atoms with Gasteiger partial charge in [0, 0.05) is 32.2 Å². The van der Waals surface area contributed by atoms with E-state index in [0.29, 0.717) is 11.7 Å². The number of H-pyrrole nitrogens is 1. The molecule has 130 valence electrons. The van der Waals surface area contributed by atoms with E-state index in [-0.39, 0.29) is 5.95 Å². The topological polar surface area (TPSA) is 87.0 Å². The summed E-state index contributed by atoms with van der Waals surface area (Å²) in [7, 11) is 0. The summed E-state index contributed by atoms with van der Waals surface area (Å²) in [5.74, 6) is 1.13. The highest BCUT2D eigenvalue weighted by atomic mass is 15.3. The van der Waals surface area contributed by atoms with Crippen LogP contribution in [-0.4, -0.2) is 50.5 Å². The smallest absolute Gasteiger partial charge is 0.224 e. The fraction of sp³-hybridized carbons (Fsp3) is 0.389. The van der Waals surface area contributed by atoms with E-state index in [1.807, 2.05) is 0 Å². The molecule has 0 saturated carbocycles. The van der Waals surface area contributed by atoms with Gasteiger partial charge in [0.1, 0.15) is 5.52 Å². The summed E-state index contributed by atoms with van der Waals surface area (Å²) in [6.45, 7) is 6.21. The second-order valence-electron chi connectivity index (χ2n) is 6.62. The number of rotatable bonds is 3. The largest absolute Gasteiger partial charge is 0.368 e. The van der Waals surface area contributed by atoms with Gasteiger partial charge in [-0.15, -0.1) is 0 Å². The van der Waals surface area contributed by atoms with Crippen molar-refractivity contribution >= 4 is 22.9 Å². The Balaban J connectivity index is 1.57. The van der Waals surface area contributed by atoms with Gasteiger partial charge in [0.15, 0.2) is 11.5 Å². The van der Waals surface area contributed by atoms with Gasteiger partial charge in [-0.1, -0.05) is 30.3 Å². The molecule has 7 nitrogen and oxygen atoms in total. The molecule has 3 heterocycles. The van der Waals surface area contributed by atoms with Crippen LogP contribution in [0.3, 0.4) is 0 Å². The normalized spacial score (nSPS) is 19.2. The summed E-state index contributed by atoms with van der Waals surface area (Å²) < 4.78 is 0. The molecule has 2 aromatic heterocycles. The van der Waals surface area contributed by atoms with E-state index in [9.17, 15) is 0 Å². The molecule has 0 spiro atoms. The fourth-order valence-electron chi connectivity index (χ4n) is 3.59. The van der Waals surface area contributed by atoms with Crippen molar-refractivity contribution in [3.05, 3.63) is 42.2 Å². The highest BCUT2D eigenvalue weighted by Gasteiger charge is 2.25. The van der Waals surface area contributed by atoms with E-state index in [2.05, 4.69) is 67.0 Å². The Labute approximate surface area is 146 Å². The number of nitrogens with one attached hydrogen (secondary N) is 1. The summed E-state index contributed by atoms with van der Waals surface area (Å²) in [6.07, 6.45) is 2.73. The lowest BCUT2D eigenvalue weighted by Crippen LogP contribution is -2.39. The van der Waals surface area contributed by atoms with Crippen molar-refractivity contribution in [2.45, 2.75) is 25.9 Å². The van der Waals surface area contributed by atoms with Crippen LogP contribution in [0, 0.1) is 0 Å². The Morgan fingerprint density at radius 1 is 1.20 bits per heavy atom. The van der Waals surface area contributed by atoms with Gasteiger partial charge in [-0.3, -0.25) is 4.90 Å². The SMILES string of the molecule is C[C@@H]1CN(Cc2ccccc2)CCCN1c1nc(N)nc2nc[nH]c12. The van der Waals surface area contributed by atoms with Crippen LogP contribution in [0.5, 0.6) is 0 Å². The van der Waals surface area contributed by atoms with Crippen molar-refractivity contribution in [1.29, 1.82) is 0 Å². The van der Waals surface area contributed by atoms with Crippen molar-refractivity contribution < 1.29 is 0 Å². The molecular formula is C18H23N7. The van der Waals surface area contributed by atoms with Crippen molar-refractivity contribution in [3.8, 4) is 0 Å². The van der Waals surface area contributed by atoms with Crippen molar-refractivity contribution in [1.82, 2.24) is 24.8 Å². The molecule has 0 bridgehead atoms. The molecule has 7 heteroatoms. The average Bonchev–Trinajstić information content (AvgIpc) is 2.99. The summed E-state index contributed by atoms with van der Waals surface area (Å²) in [4.78, 5) is 20.9. The minimum Gasteiger partial charge on any atom is -0.368 e. The molecule has 1 atom stereocenters. The Bertz CT molecular complexity index is 845. The van der Waals surface area contributed by atoms with Crippen LogP contribution in [-0.2, 0) is 6.54 Å². The zero-order valence-corrected chi connectivity index (χ0v) is 14.4.